The van der Waals surface area contributed by atoms with Crippen LogP contribution in [0.25, 0.3) is 0 Å². The van der Waals surface area contributed by atoms with Crippen molar-refractivity contribution in [3.63, 3.8) is 0 Å². The fraction of sp³-hybridized carbons (Fsp3) is 0.467. The molecule has 1 unspecified atom stereocenters. The van der Waals surface area contributed by atoms with Crippen molar-refractivity contribution >= 4 is 23.8 Å². The van der Waals surface area contributed by atoms with Crippen LogP contribution in [0.2, 0.25) is 0 Å². The molecule has 11 heteroatoms. The van der Waals surface area contributed by atoms with Gasteiger partial charge in [0.2, 0.25) is 0 Å². The maximum Gasteiger partial charge on any atom is 0.397 e. The summed E-state index contributed by atoms with van der Waals surface area (Å²) < 4.78 is 4.52. The molecule has 2 aliphatic rings. The topological polar surface area (TPSA) is 159 Å². The zero-order valence-corrected chi connectivity index (χ0v) is 13.9. The number of carbonyl (C=O) groups excluding carboxylic acids is 4. The van der Waals surface area contributed by atoms with Crippen LogP contribution in [0.3, 0.4) is 0 Å². The Balaban J connectivity index is 2.30. The van der Waals surface area contributed by atoms with E-state index in [9.17, 15) is 34.4 Å². The van der Waals surface area contributed by atoms with E-state index in [0.29, 0.717) is 18.4 Å². The van der Waals surface area contributed by atoms with Gasteiger partial charge in [-0.1, -0.05) is 0 Å². The Labute approximate surface area is 147 Å². The Morgan fingerprint density at radius 2 is 2.08 bits per heavy atom. The number of nitrogens with one attached hydrogen (secondary N) is 1. The van der Waals surface area contributed by atoms with E-state index in [4.69, 9.17) is 0 Å². The number of carboxylic acids is 1. The molecule has 0 aromatic heterocycles. The molecule has 1 heterocycles. The van der Waals surface area contributed by atoms with Crippen LogP contribution < -0.4 is 10.4 Å². The van der Waals surface area contributed by atoms with Gasteiger partial charge in [0.25, 0.3) is 5.91 Å². The summed E-state index contributed by atoms with van der Waals surface area (Å²) in [6.45, 7) is 1.55. The van der Waals surface area contributed by atoms with Crippen molar-refractivity contribution in [3.05, 3.63) is 33.5 Å². The van der Waals surface area contributed by atoms with Gasteiger partial charge in [-0.3, -0.25) is 25.0 Å². The molecule has 0 radical (unpaired) electrons. The molecule has 0 saturated carbocycles. The van der Waals surface area contributed by atoms with Gasteiger partial charge in [-0.15, -0.1) is 0 Å². The number of carbonyl (C=O) groups is 4. The second-order valence-electron chi connectivity index (χ2n) is 5.70. The highest BCUT2D eigenvalue weighted by Crippen LogP contribution is 2.35. The van der Waals surface area contributed by atoms with Crippen LogP contribution in [-0.2, 0) is 23.9 Å². The van der Waals surface area contributed by atoms with E-state index in [1.807, 2.05) is 0 Å². The fourth-order valence-corrected chi connectivity index (χ4v) is 2.90. The van der Waals surface area contributed by atoms with Gasteiger partial charge in [0.15, 0.2) is 0 Å². The number of hydrogen-bond acceptors (Lipinski definition) is 8. The Hall–Kier alpha value is -3.24. The van der Waals surface area contributed by atoms with Gasteiger partial charge < -0.3 is 19.5 Å². The van der Waals surface area contributed by atoms with Crippen molar-refractivity contribution in [3.8, 4) is 0 Å². The number of nitro groups is 1. The zero-order chi connectivity index (χ0) is 19.5. The molecule has 0 bridgehead atoms. The van der Waals surface area contributed by atoms with E-state index in [0.717, 1.165) is 11.0 Å². The molecular formula is C15H16N3O8-. The highest BCUT2D eigenvalue weighted by atomic mass is 16.6. The normalized spacial score (nSPS) is 21.7. The minimum absolute atomic E-state index is 0.0663. The monoisotopic (exact) mass is 366 g/mol. The van der Waals surface area contributed by atoms with Crippen LogP contribution >= 0.6 is 0 Å². The Kier molecular flexibility index (Phi) is 5.38. The summed E-state index contributed by atoms with van der Waals surface area (Å²) in [4.78, 5) is 57.6. The summed E-state index contributed by atoms with van der Waals surface area (Å²) in [5.74, 6) is -5.64. The molecule has 0 saturated heterocycles. The third-order valence-corrected chi connectivity index (χ3v) is 4.05. The molecule has 2 amide bonds. The average molecular weight is 366 g/mol. The van der Waals surface area contributed by atoms with Crippen molar-refractivity contribution in [1.29, 1.82) is 0 Å². The Morgan fingerprint density at radius 3 is 2.65 bits per heavy atom. The van der Waals surface area contributed by atoms with Crippen LogP contribution in [0.1, 0.15) is 26.2 Å². The first-order valence-electron chi connectivity index (χ1n) is 7.79. The molecule has 1 aliphatic heterocycles. The number of ether oxygens (including phenoxy) is 1. The molecule has 1 aliphatic carbocycles. The first kappa shape index (κ1) is 19.1. The molecule has 26 heavy (non-hydrogen) atoms. The SMILES string of the molecule is CCOC(=O)C(=O)NC1([N+](=O)[O-])C=CC2=C(CCCN2C(=O)C(=O)[O-])C1. The second kappa shape index (κ2) is 7.33. The first-order valence-corrected chi connectivity index (χ1v) is 7.79. The standard InChI is InChI=1S/C15H17N3O8/c1-2-26-14(23)11(19)16-15(18(24)25)6-5-10-9(8-15)4-3-7-17(10)12(20)13(21)22/h5-6H,2-4,7-8H2,1H3,(H,16,19)(H,21,22)/p-1. The van der Waals surface area contributed by atoms with Gasteiger partial charge in [0.05, 0.1) is 18.0 Å². The lowest BCUT2D eigenvalue weighted by atomic mass is 9.87. The first-order chi connectivity index (χ1) is 12.2. The molecule has 1 atom stereocenters. The summed E-state index contributed by atoms with van der Waals surface area (Å²) in [6.07, 6.45) is 2.68. The number of carboxylic acid groups (broad SMARTS) is 1. The molecule has 0 aromatic carbocycles. The van der Waals surface area contributed by atoms with Gasteiger partial charge >= 0.3 is 17.5 Å². The predicted molar refractivity (Wildman–Crippen MR) is 81.2 cm³/mol. The number of hydrogen-bond donors (Lipinski definition) is 1. The highest BCUT2D eigenvalue weighted by molar-refractivity contribution is 6.32. The van der Waals surface area contributed by atoms with Crippen molar-refractivity contribution < 1.29 is 33.9 Å². The second-order valence-corrected chi connectivity index (χ2v) is 5.70. The van der Waals surface area contributed by atoms with E-state index in [1.165, 1.54) is 13.0 Å². The third kappa shape index (κ3) is 3.55. The van der Waals surface area contributed by atoms with Crippen LogP contribution in [-0.4, -0.2) is 52.4 Å². The van der Waals surface area contributed by atoms with E-state index >= 15 is 0 Å². The lowest BCUT2D eigenvalue weighted by molar-refractivity contribution is -0.560. The van der Waals surface area contributed by atoms with E-state index < -0.39 is 34.3 Å². The average Bonchev–Trinajstić information content (AvgIpc) is 2.60. The molecule has 0 fully saturated rings. The molecule has 11 nitrogen and oxygen atoms in total. The van der Waals surface area contributed by atoms with Gasteiger partial charge in [-0.25, -0.2) is 4.79 Å². The van der Waals surface area contributed by atoms with Gasteiger partial charge in [0.1, 0.15) is 5.97 Å². The molecule has 140 valence electrons. The summed E-state index contributed by atoms with van der Waals surface area (Å²) in [5, 5.41) is 24.4. The van der Waals surface area contributed by atoms with Crippen LogP contribution in [0.15, 0.2) is 23.4 Å². The molecule has 0 aromatic rings. The fourth-order valence-electron chi connectivity index (χ4n) is 2.90. The quantitative estimate of drug-likeness (QED) is 0.202. The Bertz CT molecular complexity index is 741. The summed E-state index contributed by atoms with van der Waals surface area (Å²) in [6, 6.07) is 0. The molecular weight excluding hydrogens is 350 g/mol. The van der Waals surface area contributed by atoms with Crippen LogP contribution in [0.4, 0.5) is 0 Å². The van der Waals surface area contributed by atoms with Crippen LogP contribution in [0.5, 0.6) is 0 Å². The number of aliphatic carboxylic acids is 1. The maximum atomic E-state index is 11.8. The van der Waals surface area contributed by atoms with Crippen molar-refractivity contribution in [2.24, 2.45) is 0 Å². The highest BCUT2D eigenvalue weighted by Gasteiger charge is 2.47. The van der Waals surface area contributed by atoms with Crippen molar-refractivity contribution in [2.45, 2.75) is 31.8 Å². The Morgan fingerprint density at radius 1 is 1.38 bits per heavy atom. The number of rotatable bonds is 3. The lowest BCUT2D eigenvalue weighted by Crippen LogP contribution is -2.57. The van der Waals surface area contributed by atoms with Crippen molar-refractivity contribution in [2.75, 3.05) is 13.2 Å². The van der Waals surface area contributed by atoms with E-state index in [1.54, 1.807) is 0 Å². The summed E-state index contributed by atoms with van der Waals surface area (Å²) in [7, 11) is 0. The number of esters is 1. The minimum atomic E-state index is -2.09. The zero-order valence-electron chi connectivity index (χ0n) is 13.9. The number of allylic oxidation sites excluding steroid dienone is 1. The maximum absolute atomic E-state index is 11.8. The predicted octanol–water partition coefficient (Wildman–Crippen LogP) is -1.77. The third-order valence-electron chi connectivity index (χ3n) is 4.05. The minimum Gasteiger partial charge on any atom is -0.540 e. The van der Waals surface area contributed by atoms with E-state index in [-0.39, 0.29) is 25.3 Å². The summed E-state index contributed by atoms with van der Waals surface area (Å²) >= 11 is 0. The molecule has 1 N–H and O–H groups in total. The van der Waals surface area contributed by atoms with Crippen molar-refractivity contribution in [1.82, 2.24) is 10.2 Å². The van der Waals surface area contributed by atoms with Gasteiger partial charge in [0, 0.05) is 18.3 Å². The summed E-state index contributed by atoms with van der Waals surface area (Å²) in [5.41, 5.74) is -1.43. The largest absolute Gasteiger partial charge is 0.540 e. The number of amides is 2. The van der Waals surface area contributed by atoms with E-state index in [2.05, 4.69) is 10.1 Å². The van der Waals surface area contributed by atoms with Gasteiger partial charge in [-0.05, 0) is 31.4 Å². The smallest absolute Gasteiger partial charge is 0.397 e. The molecule has 0 spiro atoms. The number of nitrogens with zero attached hydrogens (tertiary/aromatic N) is 2. The molecule has 2 rings (SSSR count). The van der Waals surface area contributed by atoms with Gasteiger partial charge in [-0.2, -0.15) is 0 Å². The lowest BCUT2D eigenvalue weighted by Gasteiger charge is -2.36. The van der Waals surface area contributed by atoms with Crippen LogP contribution in [0, 0.1) is 10.1 Å².